The van der Waals surface area contributed by atoms with Gasteiger partial charge in [-0.1, -0.05) is 12.1 Å². The van der Waals surface area contributed by atoms with E-state index in [4.69, 9.17) is 0 Å². The fourth-order valence-electron chi connectivity index (χ4n) is 1.96. The van der Waals surface area contributed by atoms with Crippen LogP contribution in [0, 0.1) is 20.8 Å². The largest absolute Gasteiger partial charge is 0.508 e. The lowest BCUT2D eigenvalue weighted by atomic mass is 9.96. The molecule has 2 aromatic carbocycles. The molecule has 2 rings (SSSR count). The van der Waals surface area contributed by atoms with E-state index in [0.29, 0.717) is 0 Å². The van der Waals surface area contributed by atoms with Crippen LogP contribution in [0.2, 0.25) is 0 Å². The SMILES string of the molecule is Cc1ccc(-c2cc(C)c(O)cc2C)c(O)c1. The number of hydrogen-bond donors (Lipinski definition) is 2. The first-order valence-electron chi connectivity index (χ1n) is 5.59. The summed E-state index contributed by atoms with van der Waals surface area (Å²) in [5.74, 6) is 0.566. The van der Waals surface area contributed by atoms with Crippen molar-refractivity contribution in [1.29, 1.82) is 0 Å². The molecular weight excluding hydrogens is 212 g/mol. The van der Waals surface area contributed by atoms with Crippen molar-refractivity contribution in [3.05, 3.63) is 47.0 Å². The first-order valence-corrected chi connectivity index (χ1v) is 5.59. The van der Waals surface area contributed by atoms with Gasteiger partial charge >= 0.3 is 0 Å². The number of aryl methyl sites for hydroxylation is 3. The van der Waals surface area contributed by atoms with Crippen LogP contribution in [0.4, 0.5) is 0 Å². The summed E-state index contributed by atoms with van der Waals surface area (Å²) in [4.78, 5) is 0. The molecule has 0 amide bonds. The van der Waals surface area contributed by atoms with Gasteiger partial charge in [0.2, 0.25) is 0 Å². The van der Waals surface area contributed by atoms with Crippen LogP contribution in [0.1, 0.15) is 16.7 Å². The molecule has 0 atom stereocenters. The molecule has 0 radical (unpaired) electrons. The minimum absolute atomic E-state index is 0.276. The van der Waals surface area contributed by atoms with Gasteiger partial charge in [0, 0.05) is 5.56 Å². The standard InChI is InChI=1S/C15H16O2/c1-9-4-5-12(15(17)6-9)13-7-11(3)14(16)8-10(13)2/h4-8,16-17H,1-3H3. The van der Waals surface area contributed by atoms with E-state index in [1.807, 2.05) is 39.0 Å². The Labute approximate surface area is 101 Å². The highest BCUT2D eigenvalue weighted by atomic mass is 16.3. The third-order valence-electron chi connectivity index (χ3n) is 2.99. The van der Waals surface area contributed by atoms with Crippen molar-refractivity contribution in [3.8, 4) is 22.6 Å². The van der Waals surface area contributed by atoms with Gasteiger partial charge in [-0.2, -0.15) is 0 Å². The second-order valence-electron chi connectivity index (χ2n) is 4.47. The number of aromatic hydroxyl groups is 2. The van der Waals surface area contributed by atoms with Crippen molar-refractivity contribution >= 4 is 0 Å². The molecule has 0 aliphatic carbocycles. The lowest BCUT2D eigenvalue weighted by Gasteiger charge is -2.11. The van der Waals surface area contributed by atoms with Crippen LogP contribution in [-0.4, -0.2) is 10.2 Å². The Morgan fingerprint density at radius 1 is 0.706 bits per heavy atom. The zero-order chi connectivity index (χ0) is 12.6. The van der Waals surface area contributed by atoms with Crippen molar-refractivity contribution in [3.63, 3.8) is 0 Å². The Morgan fingerprint density at radius 2 is 1.41 bits per heavy atom. The monoisotopic (exact) mass is 228 g/mol. The van der Waals surface area contributed by atoms with Gasteiger partial charge in [-0.25, -0.2) is 0 Å². The smallest absolute Gasteiger partial charge is 0.123 e. The second kappa shape index (κ2) is 4.13. The van der Waals surface area contributed by atoms with Crippen molar-refractivity contribution in [2.45, 2.75) is 20.8 Å². The molecule has 0 heterocycles. The van der Waals surface area contributed by atoms with Crippen LogP contribution < -0.4 is 0 Å². The molecule has 2 nitrogen and oxygen atoms in total. The summed E-state index contributed by atoms with van der Waals surface area (Å²) in [5.41, 5.74) is 4.55. The second-order valence-corrected chi connectivity index (χ2v) is 4.47. The zero-order valence-corrected chi connectivity index (χ0v) is 10.3. The number of phenols is 2. The molecule has 0 spiro atoms. The summed E-state index contributed by atoms with van der Waals surface area (Å²) in [7, 11) is 0. The van der Waals surface area contributed by atoms with Gasteiger partial charge in [0.15, 0.2) is 0 Å². The highest BCUT2D eigenvalue weighted by molar-refractivity contribution is 5.74. The van der Waals surface area contributed by atoms with Gasteiger partial charge in [-0.15, -0.1) is 0 Å². The predicted molar refractivity (Wildman–Crippen MR) is 69.4 cm³/mol. The van der Waals surface area contributed by atoms with E-state index in [1.165, 1.54) is 0 Å². The number of rotatable bonds is 1. The third kappa shape index (κ3) is 2.11. The Morgan fingerprint density at radius 3 is 2.06 bits per heavy atom. The van der Waals surface area contributed by atoms with Gasteiger partial charge in [0.25, 0.3) is 0 Å². The van der Waals surface area contributed by atoms with Crippen molar-refractivity contribution in [2.24, 2.45) is 0 Å². The molecule has 0 aromatic heterocycles. The zero-order valence-electron chi connectivity index (χ0n) is 10.3. The topological polar surface area (TPSA) is 40.5 Å². The van der Waals surface area contributed by atoms with Crippen molar-refractivity contribution in [1.82, 2.24) is 0 Å². The van der Waals surface area contributed by atoms with Gasteiger partial charge in [-0.3, -0.25) is 0 Å². The maximum atomic E-state index is 9.97. The van der Waals surface area contributed by atoms with Crippen molar-refractivity contribution in [2.75, 3.05) is 0 Å². The van der Waals surface area contributed by atoms with E-state index < -0.39 is 0 Å². The lowest BCUT2D eigenvalue weighted by molar-refractivity contribution is 0.470. The van der Waals surface area contributed by atoms with E-state index in [2.05, 4.69) is 0 Å². The normalized spacial score (nSPS) is 10.5. The molecular formula is C15H16O2. The predicted octanol–water partition coefficient (Wildman–Crippen LogP) is 3.69. The maximum absolute atomic E-state index is 9.97. The molecule has 2 N–H and O–H groups in total. The summed E-state index contributed by atoms with van der Waals surface area (Å²) in [5, 5.41) is 19.6. The fourth-order valence-corrected chi connectivity index (χ4v) is 1.96. The third-order valence-corrected chi connectivity index (χ3v) is 2.99. The first kappa shape index (κ1) is 11.5. The Kier molecular flexibility index (Phi) is 2.80. The highest BCUT2D eigenvalue weighted by Crippen LogP contribution is 2.35. The van der Waals surface area contributed by atoms with E-state index in [9.17, 15) is 10.2 Å². The highest BCUT2D eigenvalue weighted by Gasteiger charge is 2.09. The maximum Gasteiger partial charge on any atom is 0.123 e. The van der Waals surface area contributed by atoms with Crippen LogP contribution in [0.15, 0.2) is 30.3 Å². The van der Waals surface area contributed by atoms with Crippen LogP contribution in [0.3, 0.4) is 0 Å². The molecule has 0 fully saturated rings. The molecule has 0 bridgehead atoms. The molecule has 17 heavy (non-hydrogen) atoms. The first-order chi connectivity index (χ1) is 7.99. The van der Waals surface area contributed by atoms with Gasteiger partial charge < -0.3 is 10.2 Å². The molecule has 0 saturated carbocycles. The van der Waals surface area contributed by atoms with Crippen LogP contribution in [-0.2, 0) is 0 Å². The summed E-state index contributed by atoms with van der Waals surface area (Å²) in [6.07, 6.45) is 0. The number of benzene rings is 2. The molecule has 0 aliphatic rings. The van der Waals surface area contributed by atoms with Crippen LogP contribution >= 0.6 is 0 Å². The molecule has 0 aliphatic heterocycles. The lowest BCUT2D eigenvalue weighted by Crippen LogP contribution is -1.87. The quantitative estimate of drug-likeness (QED) is 0.781. The van der Waals surface area contributed by atoms with Gasteiger partial charge in [0.1, 0.15) is 11.5 Å². The van der Waals surface area contributed by atoms with Gasteiger partial charge in [-0.05, 0) is 61.2 Å². The number of hydrogen-bond acceptors (Lipinski definition) is 2. The molecule has 88 valence electrons. The van der Waals surface area contributed by atoms with E-state index in [-0.39, 0.29) is 11.5 Å². The summed E-state index contributed by atoms with van der Waals surface area (Å²) in [6.45, 7) is 5.72. The van der Waals surface area contributed by atoms with Gasteiger partial charge in [0.05, 0.1) is 0 Å². The summed E-state index contributed by atoms with van der Waals surface area (Å²) in [6, 6.07) is 9.25. The summed E-state index contributed by atoms with van der Waals surface area (Å²) < 4.78 is 0. The average Bonchev–Trinajstić information content (AvgIpc) is 2.24. The Bertz CT molecular complexity index is 571. The number of phenolic OH excluding ortho intramolecular Hbond substituents is 2. The van der Waals surface area contributed by atoms with Crippen molar-refractivity contribution < 1.29 is 10.2 Å². The van der Waals surface area contributed by atoms with E-state index >= 15 is 0 Å². The summed E-state index contributed by atoms with van der Waals surface area (Å²) >= 11 is 0. The molecule has 2 aromatic rings. The Balaban J connectivity index is 2.64. The van der Waals surface area contributed by atoms with E-state index in [0.717, 1.165) is 27.8 Å². The average molecular weight is 228 g/mol. The minimum Gasteiger partial charge on any atom is -0.508 e. The molecule has 2 heteroatoms. The van der Waals surface area contributed by atoms with E-state index in [1.54, 1.807) is 12.1 Å². The van der Waals surface area contributed by atoms with Crippen LogP contribution in [0.5, 0.6) is 11.5 Å². The fraction of sp³-hybridized carbons (Fsp3) is 0.200. The van der Waals surface area contributed by atoms with Crippen LogP contribution in [0.25, 0.3) is 11.1 Å². The molecule has 0 saturated heterocycles. The molecule has 0 unspecified atom stereocenters. The minimum atomic E-state index is 0.276. The Hall–Kier alpha value is -1.96.